The number of benzene rings is 1. The van der Waals surface area contributed by atoms with Crippen LogP contribution in [0.25, 0.3) is 0 Å². The van der Waals surface area contributed by atoms with Crippen LogP contribution in [0.2, 0.25) is 0 Å². The number of hydrogen-bond acceptors (Lipinski definition) is 7. The van der Waals surface area contributed by atoms with Crippen molar-refractivity contribution in [2.75, 3.05) is 18.8 Å². The van der Waals surface area contributed by atoms with E-state index in [1.165, 1.54) is 11.8 Å². The molecule has 142 valence electrons. The minimum atomic E-state index is -0.172. The second-order valence-corrected chi connectivity index (χ2v) is 7.82. The standard InChI is InChI=1S/C19H21N3O4S/c1-12-20-21-19(25-12)27-11-18(24)22-8-4-5-13(10-22)17-9-15(23)14-6-2-3-7-16(14)26-17/h2-3,6-7,13,17H,4-5,8-11H2,1H3. The molecule has 1 saturated heterocycles. The van der Waals surface area contributed by atoms with Crippen molar-refractivity contribution in [2.45, 2.75) is 37.5 Å². The molecule has 2 aromatic rings. The Labute approximate surface area is 161 Å². The van der Waals surface area contributed by atoms with Crippen LogP contribution in [0.5, 0.6) is 5.75 Å². The van der Waals surface area contributed by atoms with Gasteiger partial charge in [0.25, 0.3) is 5.22 Å². The van der Waals surface area contributed by atoms with Gasteiger partial charge in [0.2, 0.25) is 11.8 Å². The number of aromatic nitrogens is 2. The molecule has 1 fully saturated rings. The van der Waals surface area contributed by atoms with E-state index < -0.39 is 0 Å². The van der Waals surface area contributed by atoms with Crippen LogP contribution in [0, 0.1) is 12.8 Å². The number of nitrogens with zero attached hydrogens (tertiary/aromatic N) is 3. The van der Waals surface area contributed by atoms with Crippen molar-refractivity contribution < 1.29 is 18.7 Å². The van der Waals surface area contributed by atoms with E-state index in [1.807, 2.05) is 23.1 Å². The molecule has 7 nitrogen and oxygen atoms in total. The number of piperidine rings is 1. The lowest BCUT2D eigenvalue weighted by Gasteiger charge is -2.38. The molecule has 1 aromatic heterocycles. The van der Waals surface area contributed by atoms with Crippen LogP contribution in [0.4, 0.5) is 0 Å². The molecule has 0 bridgehead atoms. The van der Waals surface area contributed by atoms with Gasteiger partial charge in [-0.1, -0.05) is 23.9 Å². The van der Waals surface area contributed by atoms with Gasteiger partial charge in [-0.2, -0.15) is 0 Å². The lowest BCUT2D eigenvalue weighted by molar-refractivity contribution is -0.130. The maximum absolute atomic E-state index is 12.6. The number of fused-ring (bicyclic) bond motifs is 1. The molecule has 2 aliphatic heterocycles. The quantitative estimate of drug-likeness (QED) is 0.746. The Bertz CT molecular complexity index is 853. The number of para-hydroxylation sites is 1. The molecule has 0 saturated carbocycles. The number of hydrogen-bond donors (Lipinski definition) is 0. The second-order valence-electron chi connectivity index (χ2n) is 6.90. The Morgan fingerprint density at radius 1 is 1.33 bits per heavy atom. The third-order valence-corrected chi connectivity index (χ3v) is 5.82. The van der Waals surface area contributed by atoms with Crippen LogP contribution in [0.15, 0.2) is 33.9 Å². The molecule has 0 aliphatic carbocycles. The average molecular weight is 387 g/mol. The summed E-state index contributed by atoms with van der Waals surface area (Å²) in [5.74, 6) is 1.74. The summed E-state index contributed by atoms with van der Waals surface area (Å²) < 4.78 is 11.4. The molecule has 27 heavy (non-hydrogen) atoms. The van der Waals surface area contributed by atoms with Crippen LogP contribution in [0.1, 0.15) is 35.5 Å². The van der Waals surface area contributed by atoms with Gasteiger partial charge >= 0.3 is 0 Å². The molecule has 2 unspecified atom stereocenters. The summed E-state index contributed by atoms with van der Waals surface area (Å²) in [6.45, 7) is 3.07. The number of rotatable bonds is 4. The molecule has 2 aliphatic rings. The summed E-state index contributed by atoms with van der Waals surface area (Å²) in [4.78, 5) is 26.9. The zero-order chi connectivity index (χ0) is 18.8. The molecule has 0 N–H and O–H groups in total. The maximum atomic E-state index is 12.6. The second kappa shape index (κ2) is 7.72. The normalized spacial score (nSPS) is 22.3. The fourth-order valence-corrected chi connectivity index (χ4v) is 4.36. The fourth-order valence-electron chi connectivity index (χ4n) is 3.65. The Morgan fingerprint density at radius 3 is 3.00 bits per heavy atom. The van der Waals surface area contributed by atoms with Crippen LogP contribution in [0.3, 0.4) is 0 Å². The van der Waals surface area contributed by atoms with Crippen molar-refractivity contribution in [1.29, 1.82) is 0 Å². The highest BCUT2D eigenvalue weighted by atomic mass is 32.2. The molecule has 2 atom stereocenters. The number of carbonyl (C=O) groups is 2. The highest BCUT2D eigenvalue weighted by molar-refractivity contribution is 7.99. The van der Waals surface area contributed by atoms with Gasteiger partial charge < -0.3 is 14.1 Å². The molecule has 4 rings (SSSR count). The number of thioether (sulfide) groups is 1. The van der Waals surface area contributed by atoms with Crippen molar-refractivity contribution in [1.82, 2.24) is 15.1 Å². The number of ether oxygens (including phenoxy) is 1. The van der Waals surface area contributed by atoms with Crippen LogP contribution < -0.4 is 4.74 Å². The highest BCUT2D eigenvalue weighted by Gasteiger charge is 2.35. The monoisotopic (exact) mass is 387 g/mol. The smallest absolute Gasteiger partial charge is 0.277 e. The maximum Gasteiger partial charge on any atom is 0.277 e. The molecule has 0 radical (unpaired) electrons. The van der Waals surface area contributed by atoms with E-state index >= 15 is 0 Å². The lowest BCUT2D eigenvalue weighted by atomic mass is 9.87. The summed E-state index contributed by atoms with van der Waals surface area (Å²) in [6.07, 6.45) is 2.07. The lowest BCUT2D eigenvalue weighted by Crippen LogP contribution is -2.47. The first-order chi connectivity index (χ1) is 13.1. The van der Waals surface area contributed by atoms with E-state index in [-0.39, 0.29) is 29.5 Å². The fraction of sp³-hybridized carbons (Fsp3) is 0.474. The van der Waals surface area contributed by atoms with Crippen molar-refractivity contribution in [3.63, 3.8) is 0 Å². The molecular weight excluding hydrogens is 366 g/mol. The molecule has 1 aromatic carbocycles. The summed E-state index contributed by atoms with van der Waals surface area (Å²) in [5.41, 5.74) is 0.656. The van der Waals surface area contributed by atoms with E-state index in [1.54, 1.807) is 13.0 Å². The predicted octanol–water partition coefficient (Wildman–Crippen LogP) is 2.74. The number of likely N-dealkylation sites (tertiary alicyclic amines) is 1. The first kappa shape index (κ1) is 18.0. The zero-order valence-corrected chi connectivity index (χ0v) is 15.9. The first-order valence-corrected chi connectivity index (χ1v) is 10.1. The summed E-state index contributed by atoms with van der Waals surface area (Å²) >= 11 is 1.25. The average Bonchev–Trinajstić information content (AvgIpc) is 3.11. The third kappa shape index (κ3) is 4.00. The van der Waals surface area contributed by atoms with Gasteiger partial charge in [0, 0.05) is 32.4 Å². The van der Waals surface area contributed by atoms with Crippen molar-refractivity contribution in [3.05, 3.63) is 35.7 Å². The number of aryl methyl sites for hydroxylation is 1. The largest absolute Gasteiger partial charge is 0.489 e. The van der Waals surface area contributed by atoms with Crippen molar-refractivity contribution >= 4 is 23.5 Å². The summed E-state index contributed by atoms with van der Waals surface area (Å²) in [7, 11) is 0. The predicted molar refractivity (Wildman–Crippen MR) is 98.9 cm³/mol. The summed E-state index contributed by atoms with van der Waals surface area (Å²) in [6, 6.07) is 7.38. The summed E-state index contributed by atoms with van der Waals surface area (Å²) in [5, 5.41) is 8.07. The van der Waals surface area contributed by atoms with Crippen molar-refractivity contribution in [2.24, 2.45) is 5.92 Å². The van der Waals surface area contributed by atoms with Gasteiger partial charge in [0.15, 0.2) is 5.78 Å². The van der Waals surface area contributed by atoms with E-state index in [0.29, 0.717) is 35.4 Å². The Hall–Kier alpha value is -2.35. The number of Topliss-reactive ketones (excluding diaryl/α,β-unsaturated/α-hetero) is 1. The Balaban J connectivity index is 1.36. The number of carbonyl (C=O) groups excluding carboxylic acids is 2. The topological polar surface area (TPSA) is 85.5 Å². The van der Waals surface area contributed by atoms with Crippen LogP contribution in [-0.4, -0.2) is 51.7 Å². The van der Waals surface area contributed by atoms with Gasteiger partial charge in [0.05, 0.1) is 11.3 Å². The van der Waals surface area contributed by atoms with E-state index in [9.17, 15) is 9.59 Å². The van der Waals surface area contributed by atoms with Gasteiger partial charge in [-0.15, -0.1) is 10.2 Å². The SMILES string of the molecule is Cc1nnc(SCC(=O)N2CCCC(C3CC(=O)c4ccccc4O3)C2)o1. The van der Waals surface area contributed by atoms with E-state index in [4.69, 9.17) is 9.15 Å². The Kier molecular flexibility index (Phi) is 5.15. The van der Waals surface area contributed by atoms with Gasteiger partial charge in [-0.3, -0.25) is 9.59 Å². The molecule has 8 heteroatoms. The van der Waals surface area contributed by atoms with Crippen LogP contribution >= 0.6 is 11.8 Å². The van der Waals surface area contributed by atoms with E-state index in [2.05, 4.69) is 10.2 Å². The number of amides is 1. The van der Waals surface area contributed by atoms with Crippen LogP contribution in [-0.2, 0) is 4.79 Å². The molecule has 0 spiro atoms. The molecular formula is C19H21N3O4S. The van der Waals surface area contributed by atoms with Gasteiger partial charge in [-0.25, -0.2) is 0 Å². The van der Waals surface area contributed by atoms with Gasteiger partial charge in [0.1, 0.15) is 11.9 Å². The molecule has 1 amide bonds. The molecule has 3 heterocycles. The van der Waals surface area contributed by atoms with E-state index in [0.717, 1.165) is 19.4 Å². The highest BCUT2D eigenvalue weighted by Crippen LogP contribution is 2.33. The zero-order valence-electron chi connectivity index (χ0n) is 15.1. The number of ketones is 1. The first-order valence-electron chi connectivity index (χ1n) is 9.09. The van der Waals surface area contributed by atoms with Crippen molar-refractivity contribution in [3.8, 4) is 5.75 Å². The minimum Gasteiger partial charge on any atom is -0.489 e. The minimum absolute atomic E-state index is 0.0445. The Morgan fingerprint density at radius 2 is 2.19 bits per heavy atom. The third-order valence-electron chi connectivity index (χ3n) is 5.02. The van der Waals surface area contributed by atoms with Gasteiger partial charge in [-0.05, 0) is 25.0 Å².